The normalized spacial score (nSPS) is 10.8. The van der Waals surface area contributed by atoms with Gasteiger partial charge in [0.2, 0.25) is 0 Å². The highest BCUT2D eigenvalue weighted by Crippen LogP contribution is 2.22. The first-order chi connectivity index (χ1) is 10.1. The van der Waals surface area contributed by atoms with Crippen molar-refractivity contribution in [2.45, 2.75) is 13.5 Å². The zero-order chi connectivity index (χ0) is 14.8. The molecule has 3 rings (SSSR count). The van der Waals surface area contributed by atoms with Crippen molar-refractivity contribution in [3.8, 4) is 11.3 Å². The maximum atomic E-state index is 6.07. The fourth-order valence-corrected chi connectivity index (χ4v) is 2.52. The van der Waals surface area contributed by atoms with Gasteiger partial charge in [-0.15, -0.1) is 0 Å². The molecule has 3 aromatic rings. The van der Waals surface area contributed by atoms with Crippen LogP contribution in [-0.2, 0) is 6.54 Å². The van der Waals surface area contributed by atoms with Crippen molar-refractivity contribution in [3.05, 3.63) is 70.7 Å². The van der Waals surface area contributed by atoms with Gasteiger partial charge in [0.05, 0.1) is 12.2 Å². The number of nitrogens with two attached hydrogens (primary N) is 1. The minimum Gasteiger partial charge on any atom is -0.384 e. The number of hydrogen-bond donors (Lipinski definition) is 1. The molecule has 0 radical (unpaired) electrons. The van der Waals surface area contributed by atoms with Gasteiger partial charge in [0.1, 0.15) is 5.82 Å². The smallest absolute Gasteiger partial charge is 0.122 e. The monoisotopic (exact) mass is 297 g/mol. The molecule has 0 aliphatic heterocycles. The van der Waals surface area contributed by atoms with E-state index in [1.54, 1.807) is 4.68 Å². The molecule has 106 valence electrons. The van der Waals surface area contributed by atoms with E-state index >= 15 is 0 Å². The average Bonchev–Trinajstić information content (AvgIpc) is 2.80. The van der Waals surface area contributed by atoms with Gasteiger partial charge in [0.15, 0.2) is 0 Å². The minimum atomic E-state index is 0.609. The summed E-state index contributed by atoms with van der Waals surface area (Å²) >= 11 is 6.01. The first-order valence-corrected chi connectivity index (χ1v) is 7.14. The van der Waals surface area contributed by atoms with E-state index in [9.17, 15) is 0 Å². The van der Waals surface area contributed by atoms with Crippen molar-refractivity contribution in [1.29, 1.82) is 0 Å². The van der Waals surface area contributed by atoms with E-state index < -0.39 is 0 Å². The van der Waals surface area contributed by atoms with E-state index in [1.165, 1.54) is 5.56 Å². The Labute approximate surface area is 129 Å². The highest BCUT2D eigenvalue weighted by molar-refractivity contribution is 6.30. The Morgan fingerprint density at radius 2 is 1.90 bits per heavy atom. The van der Waals surface area contributed by atoms with Crippen LogP contribution in [-0.4, -0.2) is 9.78 Å². The van der Waals surface area contributed by atoms with Crippen molar-refractivity contribution in [1.82, 2.24) is 9.78 Å². The molecule has 2 N–H and O–H groups in total. The molecule has 4 heteroatoms. The SMILES string of the molecule is Cc1cccc(-c2cc(N)n(Cc3cccc(Cl)c3)n2)c1. The van der Waals surface area contributed by atoms with Crippen LogP contribution in [0.5, 0.6) is 0 Å². The number of nitrogens with zero attached hydrogens (tertiary/aromatic N) is 2. The molecule has 0 aliphatic carbocycles. The molecule has 0 amide bonds. The first-order valence-electron chi connectivity index (χ1n) is 6.76. The Balaban J connectivity index is 1.91. The lowest BCUT2D eigenvalue weighted by molar-refractivity contribution is 0.700. The van der Waals surface area contributed by atoms with Crippen LogP contribution < -0.4 is 5.73 Å². The van der Waals surface area contributed by atoms with Crippen LogP contribution in [0.1, 0.15) is 11.1 Å². The van der Waals surface area contributed by atoms with Gasteiger partial charge in [-0.05, 0) is 30.7 Å². The Bertz CT molecular complexity index is 777. The maximum Gasteiger partial charge on any atom is 0.122 e. The lowest BCUT2D eigenvalue weighted by Gasteiger charge is -2.04. The van der Waals surface area contributed by atoms with Gasteiger partial charge >= 0.3 is 0 Å². The summed E-state index contributed by atoms with van der Waals surface area (Å²) in [5.41, 5.74) is 10.3. The number of halogens is 1. The summed E-state index contributed by atoms with van der Waals surface area (Å²) in [6.45, 7) is 2.67. The predicted molar refractivity (Wildman–Crippen MR) is 87.4 cm³/mol. The third-order valence-corrected chi connectivity index (χ3v) is 3.58. The number of benzene rings is 2. The molecule has 0 saturated carbocycles. The fraction of sp³-hybridized carbons (Fsp3) is 0.118. The maximum absolute atomic E-state index is 6.07. The molecule has 0 saturated heterocycles. The molecule has 0 fully saturated rings. The zero-order valence-corrected chi connectivity index (χ0v) is 12.5. The summed E-state index contributed by atoms with van der Waals surface area (Å²) in [7, 11) is 0. The standard InChI is InChI=1S/C17H16ClN3/c1-12-4-2-6-14(8-12)16-10-17(19)21(20-16)11-13-5-3-7-15(18)9-13/h2-10H,11,19H2,1H3. The zero-order valence-electron chi connectivity index (χ0n) is 11.8. The molecule has 2 aromatic carbocycles. The fourth-order valence-electron chi connectivity index (χ4n) is 2.31. The van der Waals surface area contributed by atoms with E-state index in [0.29, 0.717) is 12.4 Å². The third-order valence-electron chi connectivity index (χ3n) is 3.35. The van der Waals surface area contributed by atoms with Crippen LogP contribution >= 0.6 is 11.6 Å². The highest BCUT2D eigenvalue weighted by Gasteiger charge is 2.08. The Kier molecular flexibility index (Phi) is 3.67. The van der Waals surface area contributed by atoms with Crippen LogP contribution in [0.2, 0.25) is 5.02 Å². The van der Waals surface area contributed by atoms with Gasteiger partial charge in [-0.25, -0.2) is 4.68 Å². The Morgan fingerprint density at radius 1 is 1.10 bits per heavy atom. The van der Waals surface area contributed by atoms with Gasteiger partial charge in [-0.2, -0.15) is 5.10 Å². The summed E-state index contributed by atoms with van der Waals surface area (Å²) in [5.74, 6) is 0.645. The lowest BCUT2D eigenvalue weighted by atomic mass is 10.1. The Hall–Kier alpha value is -2.26. The van der Waals surface area contributed by atoms with E-state index in [1.807, 2.05) is 42.5 Å². The molecule has 1 heterocycles. The Morgan fingerprint density at radius 3 is 2.67 bits per heavy atom. The molecule has 21 heavy (non-hydrogen) atoms. The topological polar surface area (TPSA) is 43.8 Å². The van der Waals surface area contributed by atoms with Crippen molar-refractivity contribution >= 4 is 17.4 Å². The van der Waals surface area contributed by atoms with Crippen molar-refractivity contribution in [2.24, 2.45) is 0 Å². The number of aromatic nitrogens is 2. The molecule has 0 atom stereocenters. The summed E-state index contributed by atoms with van der Waals surface area (Å²) in [6, 6.07) is 17.9. The van der Waals surface area contributed by atoms with Gasteiger partial charge < -0.3 is 5.73 Å². The largest absolute Gasteiger partial charge is 0.384 e. The minimum absolute atomic E-state index is 0.609. The van der Waals surface area contributed by atoms with E-state index in [0.717, 1.165) is 21.8 Å². The second-order valence-electron chi connectivity index (χ2n) is 5.11. The van der Waals surface area contributed by atoms with Crippen LogP contribution in [0.25, 0.3) is 11.3 Å². The van der Waals surface area contributed by atoms with E-state index in [-0.39, 0.29) is 0 Å². The van der Waals surface area contributed by atoms with Crippen molar-refractivity contribution < 1.29 is 0 Å². The van der Waals surface area contributed by atoms with Crippen molar-refractivity contribution in [3.63, 3.8) is 0 Å². The second-order valence-corrected chi connectivity index (χ2v) is 5.55. The van der Waals surface area contributed by atoms with Crippen LogP contribution in [0.4, 0.5) is 5.82 Å². The molecule has 0 unspecified atom stereocenters. The van der Waals surface area contributed by atoms with Crippen LogP contribution in [0.3, 0.4) is 0 Å². The van der Waals surface area contributed by atoms with Gasteiger partial charge in [-0.3, -0.25) is 0 Å². The number of nitrogen functional groups attached to an aromatic ring is 1. The molecular weight excluding hydrogens is 282 g/mol. The number of aryl methyl sites for hydroxylation is 1. The van der Waals surface area contributed by atoms with Gasteiger partial charge in [-0.1, -0.05) is 47.5 Å². The van der Waals surface area contributed by atoms with E-state index in [4.69, 9.17) is 17.3 Å². The van der Waals surface area contributed by atoms with Crippen LogP contribution in [0, 0.1) is 6.92 Å². The number of anilines is 1. The molecule has 0 bridgehead atoms. The molecule has 0 spiro atoms. The summed E-state index contributed by atoms with van der Waals surface area (Å²) in [4.78, 5) is 0. The molecular formula is C17H16ClN3. The summed E-state index contributed by atoms with van der Waals surface area (Å²) < 4.78 is 1.79. The first kappa shape index (κ1) is 13.7. The predicted octanol–water partition coefficient (Wildman–Crippen LogP) is 4.14. The third kappa shape index (κ3) is 3.09. The number of hydrogen-bond acceptors (Lipinski definition) is 2. The summed E-state index contributed by atoms with van der Waals surface area (Å²) in [5, 5.41) is 5.31. The lowest BCUT2D eigenvalue weighted by Crippen LogP contribution is -2.05. The van der Waals surface area contributed by atoms with Gasteiger partial charge in [0, 0.05) is 16.7 Å². The average molecular weight is 298 g/mol. The summed E-state index contributed by atoms with van der Waals surface area (Å²) in [6.07, 6.45) is 0. The molecule has 0 aliphatic rings. The molecule has 1 aromatic heterocycles. The van der Waals surface area contributed by atoms with E-state index in [2.05, 4.69) is 24.2 Å². The second kappa shape index (κ2) is 5.62. The van der Waals surface area contributed by atoms with Crippen LogP contribution in [0.15, 0.2) is 54.6 Å². The quantitative estimate of drug-likeness (QED) is 0.789. The number of rotatable bonds is 3. The van der Waals surface area contributed by atoms with Crippen molar-refractivity contribution in [2.75, 3.05) is 5.73 Å². The molecule has 3 nitrogen and oxygen atoms in total. The van der Waals surface area contributed by atoms with Gasteiger partial charge in [0.25, 0.3) is 0 Å². The highest BCUT2D eigenvalue weighted by atomic mass is 35.5.